The van der Waals surface area contributed by atoms with Crippen LogP contribution in [-0.4, -0.2) is 17.4 Å². The summed E-state index contributed by atoms with van der Waals surface area (Å²) in [4.78, 5) is 28.8. The van der Waals surface area contributed by atoms with Gasteiger partial charge in [-0.25, -0.2) is 0 Å². The van der Waals surface area contributed by atoms with Crippen molar-refractivity contribution in [1.82, 2.24) is 4.90 Å². The zero-order chi connectivity index (χ0) is 22.4. The zero-order valence-corrected chi connectivity index (χ0v) is 18.2. The lowest BCUT2D eigenvalue weighted by Crippen LogP contribution is -2.29. The minimum Gasteiger partial charge on any atom is -0.494 e. The maximum atomic E-state index is 13.7. The standard InChI is InChI=1S/C26H23NO5/c1-4-30-18-9-7-17(8-10-18)22-21-23(28)20-13-15(2)12-16(3)24(20)32-25(21)26(29)27(22)14-19-6-5-11-31-19/h5-13,22H,4,14H2,1-3H3. The van der Waals surface area contributed by atoms with E-state index in [1.807, 2.05) is 63.2 Å². The number of benzene rings is 2. The third-order valence-corrected chi connectivity index (χ3v) is 5.81. The van der Waals surface area contributed by atoms with Crippen LogP contribution in [0, 0.1) is 13.8 Å². The van der Waals surface area contributed by atoms with Gasteiger partial charge in [0.05, 0.1) is 36.4 Å². The molecule has 1 aliphatic heterocycles. The van der Waals surface area contributed by atoms with Crippen molar-refractivity contribution in [2.24, 2.45) is 0 Å². The fourth-order valence-corrected chi connectivity index (χ4v) is 4.47. The normalized spacial score (nSPS) is 15.4. The Hall–Kier alpha value is -3.80. The second-order valence-corrected chi connectivity index (χ2v) is 8.05. The highest BCUT2D eigenvalue weighted by molar-refractivity contribution is 5.99. The molecule has 162 valence electrons. The topological polar surface area (TPSA) is 72.9 Å². The van der Waals surface area contributed by atoms with Crippen LogP contribution in [0.4, 0.5) is 0 Å². The molecule has 1 unspecified atom stereocenters. The summed E-state index contributed by atoms with van der Waals surface area (Å²) in [6.07, 6.45) is 1.57. The van der Waals surface area contributed by atoms with E-state index in [1.165, 1.54) is 0 Å². The first kappa shape index (κ1) is 20.1. The molecule has 0 N–H and O–H groups in total. The van der Waals surface area contributed by atoms with Gasteiger partial charge in [-0.2, -0.15) is 0 Å². The predicted molar refractivity (Wildman–Crippen MR) is 120 cm³/mol. The zero-order valence-electron chi connectivity index (χ0n) is 18.2. The predicted octanol–water partition coefficient (Wildman–Crippen LogP) is 5.15. The Balaban J connectivity index is 1.72. The number of aryl methyl sites for hydroxylation is 2. The highest BCUT2D eigenvalue weighted by atomic mass is 16.5. The number of nitrogens with zero attached hydrogens (tertiary/aromatic N) is 1. The second kappa shape index (κ2) is 7.71. The quantitative estimate of drug-likeness (QED) is 0.439. The van der Waals surface area contributed by atoms with E-state index in [1.54, 1.807) is 17.2 Å². The van der Waals surface area contributed by atoms with E-state index < -0.39 is 6.04 Å². The number of ether oxygens (including phenoxy) is 1. The second-order valence-electron chi connectivity index (χ2n) is 8.05. The number of carbonyl (C=O) groups is 1. The maximum absolute atomic E-state index is 13.7. The van der Waals surface area contributed by atoms with E-state index in [2.05, 4.69) is 0 Å². The summed E-state index contributed by atoms with van der Waals surface area (Å²) in [5.41, 5.74) is 3.25. The van der Waals surface area contributed by atoms with Gasteiger partial charge >= 0.3 is 0 Å². The van der Waals surface area contributed by atoms with Crippen molar-refractivity contribution in [2.45, 2.75) is 33.4 Å². The number of hydrogen-bond acceptors (Lipinski definition) is 5. The summed E-state index contributed by atoms with van der Waals surface area (Å²) in [5.74, 6) is 1.13. The lowest BCUT2D eigenvalue weighted by molar-refractivity contribution is 0.0701. The van der Waals surface area contributed by atoms with Gasteiger partial charge in [0.2, 0.25) is 5.76 Å². The van der Waals surface area contributed by atoms with Crippen LogP contribution in [0.2, 0.25) is 0 Å². The van der Waals surface area contributed by atoms with Crippen molar-refractivity contribution in [3.05, 3.63) is 98.8 Å². The van der Waals surface area contributed by atoms with Crippen LogP contribution in [-0.2, 0) is 6.54 Å². The van der Waals surface area contributed by atoms with E-state index in [-0.39, 0.29) is 23.6 Å². The molecular formula is C26H23NO5. The fourth-order valence-electron chi connectivity index (χ4n) is 4.47. The monoisotopic (exact) mass is 429 g/mol. The number of rotatable bonds is 5. The average molecular weight is 429 g/mol. The summed E-state index contributed by atoms with van der Waals surface area (Å²) in [5, 5.41) is 0.491. The first-order chi connectivity index (χ1) is 15.5. The average Bonchev–Trinajstić information content (AvgIpc) is 3.38. The molecule has 1 atom stereocenters. The van der Waals surface area contributed by atoms with Crippen LogP contribution in [0.25, 0.3) is 11.0 Å². The van der Waals surface area contributed by atoms with Gasteiger partial charge in [-0.15, -0.1) is 0 Å². The molecule has 2 aromatic heterocycles. The summed E-state index contributed by atoms with van der Waals surface area (Å²) < 4.78 is 17.2. The maximum Gasteiger partial charge on any atom is 0.291 e. The third kappa shape index (κ3) is 3.19. The minimum atomic E-state index is -0.584. The molecule has 0 saturated carbocycles. The smallest absolute Gasteiger partial charge is 0.291 e. The van der Waals surface area contributed by atoms with Gasteiger partial charge in [0.15, 0.2) is 5.43 Å². The van der Waals surface area contributed by atoms with Crippen molar-refractivity contribution in [3.8, 4) is 5.75 Å². The molecule has 0 fully saturated rings. The largest absolute Gasteiger partial charge is 0.494 e. The molecule has 1 amide bonds. The van der Waals surface area contributed by atoms with Crippen molar-refractivity contribution < 1.29 is 18.4 Å². The lowest BCUT2D eigenvalue weighted by atomic mass is 9.97. The number of hydrogen-bond donors (Lipinski definition) is 0. The number of fused-ring (bicyclic) bond motifs is 2. The molecular weight excluding hydrogens is 406 g/mol. The lowest BCUT2D eigenvalue weighted by Gasteiger charge is -2.24. The van der Waals surface area contributed by atoms with Crippen LogP contribution < -0.4 is 10.2 Å². The van der Waals surface area contributed by atoms with Crippen molar-refractivity contribution in [3.63, 3.8) is 0 Å². The molecule has 4 aromatic rings. The Bertz CT molecular complexity index is 1370. The first-order valence-electron chi connectivity index (χ1n) is 10.6. The number of furan rings is 1. The van der Waals surface area contributed by atoms with Crippen LogP contribution in [0.3, 0.4) is 0 Å². The van der Waals surface area contributed by atoms with Gasteiger partial charge < -0.3 is 18.5 Å². The highest BCUT2D eigenvalue weighted by Gasteiger charge is 2.43. The molecule has 5 rings (SSSR count). The Morgan fingerprint density at radius 2 is 1.84 bits per heavy atom. The molecule has 0 radical (unpaired) electrons. The van der Waals surface area contributed by atoms with Crippen molar-refractivity contribution in [1.29, 1.82) is 0 Å². The fraction of sp³-hybridized carbons (Fsp3) is 0.231. The van der Waals surface area contributed by atoms with Crippen LogP contribution in [0.15, 0.2) is 68.4 Å². The molecule has 0 spiro atoms. The third-order valence-electron chi connectivity index (χ3n) is 5.81. The summed E-state index contributed by atoms with van der Waals surface area (Å²) in [7, 11) is 0. The molecule has 0 bridgehead atoms. The molecule has 32 heavy (non-hydrogen) atoms. The summed E-state index contributed by atoms with van der Waals surface area (Å²) in [6.45, 7) is 6.53. The molecule has 1 aliphatic rings. The number of carbonyl (C=O) groups excluding carboxylic acids is 1. The van der Waals surface area contributed by atoms with E-state index in [9.17, 15) is 9.59 Å². The van der Waals surface area contributed by atoms with Crippen LogP contribution in [0.1, 0.15) is 51.5 Å². The van der Waals surface area contributed by atoms with E-state index in [0.717, 1.165) is 22.4 Å². The molecule has 3 heterocycles. The molecule has 6 nitrogen and oxygen atoms in total. The Morgan fingerprint density at radius 1 is 1.06 bits per heavy atom. The Labute approximate surface area is 185 Å². The van der Waals surface area contributed by atoms with Gasteiger partial charge in [0.1, 0.15) is 17.1 Å². The summed E-state index contributed by atoms with van der Waals surface area (Å²) in [6, 6.07) is 14.2. The van der Waals surface area contributed by atoms with Gasteiger partial charge in [-0.3, -0.25) is 9.59 Å². The Morgan fingerprint density at radius 3 is 2.53 bits per heavy atom. The van der Waals surface area contributed by atoms with Crippen molar-refractivity contribution in [2.75, 3.05) is 6.61 Å². The van der Waals surface area contributed by atoms with E-state index in [0.29, 0.717) is 28.9 Å². The number of amides is 1. The van der Waals surface area contributed by atoms with Gasteiger partial charge in [0, 0.05) is 0 Å². The van der Waals surface area contributed by atoms with Crippen LogP contribution >= 0.6 is 0 Å². The van der Waals surface area contributed by atoms with Gasteiger partial charge in [-0.05, 0) is 67.8 Å². The first-order valence-corrected chi connectivity index (χ1v) is 10.6. The molecule has 6 heteroatoms. The minimum absolute atomic E-state index is 0.0971. The van der Waals surface area contributed by atoms with E-state index in [4.69, 9.17) is 13.6 Å². The van der Waals surface area contributed by atoms with Gasteiger partial charge in [0.25, 0.3) is 5.91 Å². The highest BCUT2D eigenvalue weighted by Crippen LogP contribution is 2.40. The Kier molecular flexibility index (Phi) is 4.85. The SMILES string of the molecule is CCOc1ccc(C2c3c(oc4c(C)cc(C)cc4c3=O)C(=O)N2Cc2ccco2)cc1. The summed E-state index contributed by atoms with van der Waals surface area (Å²) >= 11 is 0. The van der Waals surface area contributed by atoms with E-state index >= 15 is 0 Å². The van der Waals surface area contributed by atoms with Gasteiger partial charge in [-0.1, -0.05) is 18.2 Å². The van der Waals surface area contributed by atoms with Crippen molar-refractivity contribution >= 4 is 16.9 Å². The molecule has 2 aromatic carbocycles. The molecule has 0 saturated heterocycles. The van der Waals surface area contributed by atoms with Crippen LogP contribution in [0.5, 0.6) is 5.75 Å². The molecule has 0 aliphatic carbocycles.